The molecule has 0 radical (unpaired) electrons. The third-order valence-corrected chi connectivity index (χ3v) is 3.89. The molecule has 2 aromatic rings. The molecule has 2 aromatic carbocycles. The molecule has 0 spiro atoms. The van der Waals surface area contributed by atoms with Gasteiger partial charge in [0.1, 0.15) is 0 Å². The molecule has 0 aliphatic carbocycles. The standard InChI is InChI=1S/C15H13F3O2Se/c16-15(17,18)21-11-10-19-12-6-8-14(9-7-12)20-13-4-2-1-3-5-13/h1-9H,10-11H2. The molecule has 6 heteroatoms. The summed E-state index contributed by atoms with van der Waals surface area (Å²) in [6.07, 6.45) is 0. The van der Waals surface area contributed by atoms with Gasteiger partial charge in [-0.2, -0.15) is 0 Å². The van der Waals surface area contributed by atoms with Gasteiger partial charge in [0.15, 0.2) is 0 Å². The summed E-state index contributed by atoms with van der Waals surface area (Å²) in [7, 11) is 0. The third kappa shape index (κ3) is 6.10. The summed E-state index contributed by atoms with van der Waals surface area (Å²) in [4.78, 5) is 0. The molecule has 0 amide bonds. The first-order valence-corrected chi connectivity index (χ1v) is 8.26. The summed E-state index contributed by atoms with van der Waals surface area (Å²) in [5.74, 6) is 1.90. The number of benzene rings is 2. The number of para-hydroxylation sites is 1. The fraction of sp³-hybridized carbons (Fsp3) is 0.200. The fourth-order valence-electron chi connectivity index (χ4n) is 1.55. The van der Waals surface area contributed by atoms with E-state index in [9.17, 15) is 13.2 Å². The zero-order chi connectivity index (χ0) is 15.1. The summed E-state index contributed by atoms with van der Waals surface area (Å²) in [6.45, 7) is 0.0679. The van der Waals surface area contributed by atoms with Crippen molar-refractivity contribution < 1.29 is 22.6 Å². The van der Waals surface area contributed by atoms with E-state index in [0.29, 0.717) is 11.5 Å². The van der Waals surface area contributed by atoms with Crippen LogP contribution in [0.3, 0.4) is 0 Å². The molecule has 0 N–H and O–H groups in total. The fourth-order valence-corrected chi connectivity index (χ4v) is 2.38. The number of rotatable bonds is 6. The molecule has 2 nitrogen and oxygen atoms in total. The van der Waals surface area contributed by atoms with Gasteiger partial charge in [-0.25, -0.2) is 0 Å². The summed E-state index contributed by atoms with van der Waals surface area (Å²) in [5, 5.41) is -4.05. The van der Waals surface area contributed by atoms with E-state index < -0.39 is 20.0 Å². The summed E-state index contributed by atoms with van der Waals surface area (Å²) >= 11 is -1.39. The van der Waals surface area contributed by atoms with Crippen LogP contribution >= 0.6 is 0 Å². The molecule has 0 atom stereocenters. The second kappa shape index (κ2) is 7.38. The maximum absolute atomic E-state index is 12.0. The Hall–Kier alpha value is -1.65. The minimum absolute atomic E-state index is 0.0127. The molecule has 112 valence electrons. The minimum atomic E-state index is -4.07. The third-order valence-electron chi connectivity index (χ3n) is 2.42. The normalized spacial score (nSPS) is 11.2. The first-order valence-electron chi connectivity index (χ1n) is 6.19. The van der Waals surface area contributed by atoms with Gasteiger partial charge in [0.05, 0.1) is 0 Å². The molecule has 0 aliphatic heterocycles. The van der Waals surface area contributed by atoms with Crippen LogP contribution in [0.25, 0.3) is 0 Å². The van der Waals surface area contributed by atoms with E-state index in [0.717, 1.165) is 5.75 Å². The summed E-state index contributed by atoms with van der Waals surface area (Å²) < 4.78 is 46.9. The number of hydrogen-bond acceptors (Lipinski definition) is 2. The average Bonchev–Trinajstić information content (AvgIpc) is 2.45. The second-order valence-corrected chi connectivity index (χ2v) is 6.46. The van der Waals surface area contributed by atoms with Crippen molar-refractivity contribution in [3.63, 3.8) is 0 Å². The topological polar surface area (TPSA) is 18.5 Å². The Balaban J connectivity index is 1.79. The van der Waals surface area contributed by atoms with Gasteiger partial charge in [0.2, 0.25) is 0 Å². The van der Waals surface area contributed by atoms with Gasteiger partial charge in [-0.05, 0) is 0 Å². The van der Waals surface area contributed by atoms with Crippen molar-refractivity contribution in [3.8, 4) is 17.2 Å². The molecule has 0 unspecified atom stereocenters. The van der Waals surface area contributed by atoms with Crippen LogP contribution in [-0.2, 0) is 0 Å². The molecule has 0 saturated carbocycles. The molecule has 2 rings (SSSR count). The van der Waals surface area contributed by atoms with Gasteiger partial charge in [-0.3, -0.25) is 0 Å². The SMILES string of the molecule is FC(F)(F)[Se]CCOc1ccc(Oc2ccccc2)cc1. The Bertz CT molecular complexity index is 541. The van der Waals surface area contributed by atoms with Gasteiger partial charge in [0.25, 0.3) is 0 Å². The molecule has 21 heavy (non-hydrogen) atoms. The molecule has 0 bridgehead atoms. The van der Waals surface area contributed by atoms with Gasteiger partial charge >= 0.3 is 126 Å². The number of ether oxygens (including phenoxy) is 2. The summed E-state index contributed by atoms with van der Waals surface area (Å²) in [6, 6.07) is 16.1. The maximum atomic E-state index is 12.0. The molecule has 0 aliphatic rings. The van der Waals surface area contributed by atoms with E-state index in [1.165, 1.54) is 0 Å². The quantitative estimate of drug-likeness (QED) is 0.557. The van der Waals surface area contributed by atoms with Gasteiger partial charge in [-0.1, -0.05) is 0 Å². The van der Waals surface area contributed by atoms with Crippen molar-refractivity contribution in [1.82, 2.24) is 0 Å². The monoisotopic (exact) mass is 362 g/mol. The van der Waals surface area contributed by atoms with E-state index >= 15 is 0 Å². The van der Waals surface area contributed by atoms with Crippen LogP contribution in [0.4, 0.5) is 13.2 Å². The van der Waals surface area contributed by atoms with Crippen LogP contribution in [-0.4, -0.2) is 26.6 Å². The molecular weight excluding hydrogens is 348 g/mol. The number of alkyl halides is 3. The van der Waals surface area contributed by atoms with Crippen molar-refractivity contribution in [2.45, 2.75) is 10.4 Å². The molecule has 0 fully saturated rings. The van der Waals surface area contributed by atoms with E-state index in [1.807, 2.05) is 30.3 Å². The molecule has 0 heterocycles. The number of halogens is 3. The first-order chi connectivity index (χ1) is 10.0. The van der Waals surface area contributed by atoms with E-state index in [2.05, 4.69) is 0 Å². The molecule has 0 saturated heterocycles. The van der Waals surface area contributed by atoms with Gasteiger partial charge in [0, 0.05) is 0 Å². The average molecular weight is 361 g/mol. The second-order valence-electron chi connectivity index (χ2n) is 4.03. The number of hydrogen-bond donors (Lipinski definition) is 0. The van der Waals surface area contributed by atoms with Gasteiger partial charge < -0.3 is 0 Å². The van der Waals surface area contributed by atoms with Gasteiger partial charge in [-0.15, -0.1) is 0 Å². The molecular formula is C15H13F3O2Se. The Morgan fingerprint density at radius 1 is 0.810 bits per heavy atom. The Labute approximate surface area is 127 Å². The van der Waals surface area contributed by atoms with Crippen molar-refractivity contribution in [3.05, 3.63) is 54.6 Å². The van der Waals surface area contributed by atoms with E-state index in [-0.39, 0.29) is 11.9 Å². The van der Waals surface area contributed by atoms with Crippen LogP contribution in [0, 0.1) is 0 Å². The van der Waals surface area contributed by atoms with Crippen LogP contribution in [0.1, 0.15) is 0 Å². The van der Waals surface area contributed by atoms with Crippen LogP contribution in [0.15, 0.2) is 54.6 Å². The predicted octanol–water partition coefficient (Wildman–Crippen LogP) is 4.50. The Morgan fingerprint density at radius 3 is 2.00 bits per heavy atom. The Kier molecular flexibility index (Phi) is 5.53. The van der Waals surface area contributed by atoms with Crippen LogP contribution in [0.2, 0.25) is 5.32 Å². The van der Waals surface area contributed by atoms with Crippen LogP contribution < -0.4 is 9.47 Å². The van der Waals surface area contributed by atoms with Crippen molar-refractivity contribution in [1.29, 1.82) is 0 Å². The zero-order valence-corrected chi connectivity index (χ0v) is 12.7. The molecule has 0 aromatic heterocycles. The van der Waals surface area contributed by atoms with Crippen molar-refractivity contribution in [2.24, 2.45) is 0 Å². The van der Waals surface area contributed by atoms with E-state index in [1.54, 1.807) is 24.3 Å². The zero-order valence-electron chi connectivity index (χ0n) is 11.0. The summed E-state index contributed by atoms with van der Waals surface area (Å²) in [5.41, 5.74) is 0. The van der Waals surface area contributed by atoms with Crippen molar-refractivity contribution in [2.75, 3.05) is 6.61 Å². The van der Waals surface area contributed by atoms with Crippen LogP contribution in [0.5, 0.6) is 17.2 Å². The van der Waals surface area contributed by atoms with Crippen molar-refractivity contribution >= 4 is 15.0 Å². The predicted molar refractivity (Wildman–Crippen MR) is 75.1 cm³/mol. The first kappa shape index (κ1) is 15.7. The van der Waals surface area contributed by atoms with E-state index in [4.69, 9.17) is 9.47 Å². The Morgan fingerprint density at radius 2 is 1.38 bits per heavy atom.